The second-order valence-corrected chi connectivity index (χ2v) is 5.60. The Bertz CT molecular complexity index is 834. The van der Waals surface area contributed by atoms with Crippen molar-refractivity contribution < 1.29 is 29.4 Å². The second-order valence-electron chi connectivity index (χ2n) is 5.60. The summed E-state index contributed by atoms with van der Waals surface area (Å²) in [6.45, 7) is -0.0744. The highest BCUT2D eigenvalue weighted by atomic mass is 16.4. The average Bonchev–Trinajstić information content (AvgIpc) is 3.14. The molecule has 0 bridgehead atoms. The van der Waals surface area contributed by atoms with Crippen LogP contribution in [0.1, 0.15) is 32.8 Å². The number of aromatic carboxylic acids is 1. The molecule has 2 amide bonds. The Labute approximate surface area is 153 Å². The molecule has 10 nitrogen and oxygen atoms in total. The van der Waals surface area contributed by atoms with Crippen molar-refractivity contribution in [3.05, 3.63) is 53.6 Å². The molecule has 1 atom stereocenters. The van der Waals surface area contributed by atoms with Crippen molar-refractivity contribution in [2.45, 2.75) is 18.9 Å². The lowest BCUT2D eigenvalue weighted by atomic mass is 10.1. The van der Waals surface area contributed by atoms with Gasteiger partial charge in [-0.25, -0.2) is 14.6 Å². The first-order chi connectivity index (χ1) is 12.9. The van der Waals surface area contributed by atoms with Crippen molar-refractivity contribution in [3.63, 3.8) is 0 Å². The van der Waals surface area contributed by atoms with Crippen LogP contribution in [0.15, 0.2) is 36.8 Å². The summed E-state index contributed by atoms with van der Waals surface area (Å²) in [5.41, 5.74) is 0.388. The molecule has 1 heterocycles. The summed E-state index contributed by atoms with van der Waals surface area (Å²) in [5.74, 6) is -3.62. The number of benzene rings is 1. The number of aromatic amines is 1. The quantitative estimate of drug-likeness (QED) is 0.414. The van der Waals surface area contributed by atoms with E-state index in [1.165, 1.54) is 36.8 Å². The van der Waals surface area contributed by atoms with Gasteiger partial charge in [0.2, 0.25) is 5.91 Å². The van der Waals surface area contributed by atoms with E-state index in [4.69, 9.17) is 5.11 Å². The van der Waals surface area contributed by atoms with Gasteiger partial charge in [-0.1, -0.05) is 12.1 Å². The molecule has 2 rings (SSSR count). The van der Waals surface area contributed by atoms with E-state index < -0.39 is 29.8 Å². The molecule has 0 saturated heterocycles. The standard InChI is InChI=1S/C17H18N4O6/c22-14(21-13(17(26)27)7-10-8-18-9-20-10)5-6-19-15(23)11-3-1-2-4-12(11)16(24)25/h1-4,8-9,13H,5-7H2,(H,18,20)(H,19,23)(H,21,22)(H,24,25)(H,26,27)/t13-/m1/s1. The van der Waals surface area contributed by atoms with Crippen LogP contribution in [-0.2, 0) is 16.0 Å². The van der Waals surface area contributed by atoms with Crippen LogP contribution in [0, 0.1) is 0 Å². The summed E-state index contributed by atoms with van der Waals surface area (Å²) in [6, 6.07) is 4.56. The van der Waals surface area contributed by atoms with Crippen LogP contribution in [0.5, 0.6) is 0 Å². The van der Waals surface area contributed by atoms with E-state index in [-0.39, 0.29) is 30.5 Å². The van der Waals surface area contributed by atoms with Crippen LogP contribution < -0.4 is 10.6 Å². The lowest BCUT2D eigenvalue weighted by Crippen LogP contribution is -2.43. The minimum atomic E-state index is -1.23. The van der Waals surface area contributed by atoms with E-state index in [0.29, 0.717) is 5.69 Å². The van der Waals surface area contributed by atoms with Crippen LogP contribution in [0.3, 0.4) is 0 Å². The van der Waals surface area contributed by atoms with Gasteiger partial charge in [0.05, 0.1) is 17.5 Å². The summed E-state index contributed by atoms with van der Waals surface area (Å²) in [7, 11) is 0. The van der Waals surface area contributed by atoms with Crippen molar-refractivity contribution in [3.8, 4) is 0 Å². The minimum absolute atomic E-state index is 0.0203. The molecule has 2 aromatic rings. The van der Waals surface area contributed by atoms with Gasteiger partial charge >= 0.3 is 11.9 Å². The normalized spacial score (nSPS) is 11.4. The second kappa shape index (κ2) is 9.13. The van der Waals surface area contributed by atoms with Crippen LogP contribution in [-0.4, -0.2) is 56.5 Å². The zero-order valence-electron chi connectivity index (χ0n) is 14.1. The summed E-state index contributed by atoms with van der Waals surface area (Å²) in [6.07, 6.45) is 2.75. The highest BCUT2D eigenvalue weighted by Gasteiger charge is 2.21. The number of carboxylic acids is 2. The number of nitrogens with zero attached hydrogens (tertiary/aromatic N) is 1. The molecule has 0 unspecified atom stereocenters. The molecule has 10 heteroatoms. The summed E-state index contributed by atoms with van der Waals surface area (Å²) >= 11 is 0. The van der Waals surface area contributed by atoms with Crippen molar-refractivity contribution in [1.82, 2.24) is 20.6 Å². The Morgan fingerprint density at radius 1 is 1.11 bits per heavy atom. The summed E-state index contributed by atoms with van der Waals surface area (Å²) < 4.78 is 0. The third-order valence-electron chi connectivity index (χ3n) is 3.65. The number of hydrogen-bond acceptors (Lipinski definition) is 5. The molecule has 1 aromatic carbocycles. The first kappa shape index (κ1) is 19.6. The fourth-order valence-electron chi connectivity index (χ4n) is 2.34. The molecule has 0 radical (unpaired) electrons. The van der Waals surface area contributed by atoms with Crippen LogP contribution in [0.2, 0.25) is 0 Å². The van der Waals surface area contributed by atoms with Gasteiger partial charge in [0.25, 0.3) is 5.91 Å². The van der Waals surface area contributed by atoms with E-state index in [1.807, 2.05) is 0 Å². The van der Waals surface area contributed by atoms with Gasteiger partial charge in [0, 0.05) is 31.3 Å². The van der Waals surface area contributed by atoms with Gasteiger partial charge < -0.3 is 25.8 Å². The van der Waals surface area contributed by atoms with E-state index >= 15 is 0 Å². The topological polar surface area (TPSA) is 161 Å². The lowest BCUT2D eigenvalue weighted by molar-refractivity contribution is -0.141. The zero-order chi connectivity index (χ0) is 19.8. The Hall–Kier alpha value is -3.69. The number of nitrogens with one attached hydrogen (secondary N) is 3. The molecule has 0 fully saturated rings. The Balaban J connectivity index is 1.85. The SMILES string of the molecule is O=C(CCNC(=O)c1ccccc1C(=O)O)N[C@H](Cc1cnc[nH]1)C(=O)O. The first-order valence-corrected chi connectivity index (χ1v) is 7.98. The van der Waals surface area contributed by atoms with Gasteiger partial charge in [-0.3, -0.25) is 9.59 Å². The molecule has 0 aliphatic carbocycles. The maximum atomic E-state index is 12.1. The Kier molecular flexibility index (Phi) is 6.64. The lowest BCUT2D eigenvalue weighted by Gasteiger charge is -2.14. The molecule has 142 valence electrons. The Morgan fingerprint density at radius 2 is 1.81 bits per heavy atom. The number of aliphatic carboxylic acids is 1. The maximum Gasteiger partial charge on any atom is 0.336 e. The number of rotatable bonds is 9. The minimum Gasteiger partial charge on any atom is -0.480 e. The number of aromatic nitrogens is 2. The number of H-pyrrole nitrogens is 1. The van der Waals surface area contributed by atoms with E-state index in [9.17, 15) is 24.3 Å². The molecule has 0 aliphatic heterocycles. The third kappa shape index (κ3) is 5.66. The molecular weight excluding hydrogens is 356 g/mol. The number of carbonyl (C=O) groups excluding carboxylic acids is 2. The molecule has 0 spiro atoms. The summed E-state index contributed by atoms with van der Waals surface area (Å²) in [5, 5.41) is 23.1. The molecular formula is C17H18N4O6. The summed E-state index contributed by atoms with van der Waals surface area (Å²) in [4.78, 5) is 52.9. The number of carbonyl (C=O) groups is 4. The largest absolute Gasteiger partial charge is 0.480 e. The zero-order valence-corrected chi connectivity index (χ0v) is 14.1. The fraction of sp³-hybridized carbons (Fsp3) is 0.235. The monoisotopic (exact) mass is 374 g/mol. The predicted octanol–water partition coefficient (Wildman–Crippen LogP) is 0.0399. The third-order valence-corrected chi connectivity index (χ3v) is 3.65. The van der Waals surface area contributed by atoms with Crippen molar-refractivity contribution in [2.24, 2.45) is 0 Å². The number of imidazole rings is 1. The van der Waals surface area contributed by atoms with Crippen LogP contribution in [0.4, 0.5) is 0 Å². The van der Waals surface area contributed by atoms with Crippen molar-refractivity contribution in [1.29, 1.82) is 0 Å². The van der Waals surface area contributed by atoms with Crippen molar-refractivity contribution >= 4 is 23.8 Å². The molecule has 0 aliphatic rings. The average molecular weight is 374 g/mol. The maximum absolute atomic E-state index is 12.1. The number of amides is 2. The van der Waals surface area contributed by atoms with Gasteiger partial charge in [-0.15, -0.1) is 0 Å². The fourth-order valence-corrected chi connectivity index (χ4v) is 2.34. The Morgan fingerprint density at radius 3 is 2.41 bits per heavy atom. The molecule has 27 heavy (non-hydrogen) atoms. The van der Waals surface area contributed by atoms with E-state index in [0.717, 1.165) is 0 Å². The highest BCUT2D eigenvalue weighted by molar-refractivity contribution is 6.04. The van der Waals surface area contributed by atoms with Gasteiger partial charge in [0.1, 0.15) is 6.04 Å². The van der Waals surface area contributed by atoms with Crippen LogP contribution >= 0.6 is 0 Å². The van der Waals surface area contributed by atoms with Gasteiger partial charge in [0.15, 0.2) is 0 Å². The van der Waals surface area contributed by atoms with E-state index in [1.54, 1.807) is 0 Å². The number of carboxylic acid groups (broad SMARTS) is 2. The molecule has 0 saturated carbocycles. The van der Waals surface area contributed by atoms with Gasteiger partial charge in [-0.05, 0) is 12.1 Å². The predicted molar refractivity (Wildman–Crippen MR) is 92.2 cm³/mol. The van der Waals surface area contributed by atoms with Gasteiger partial charge in [-0.2, -0.15) is 0 Å². The van der Waals surface area contributed by atoms with Crippen LogP contribution in [0.25, 0.3) is 0 Å². The highest BCUT2D eigenvalue weighted by Crippen LogP contribution is 2.08. The van der Waals surface area contributed by atoms with E-state index in [2.05, 4.69) is 20.6 Å². The smallest absolute Gasteiger partial charge is 0.336 e. The first-order valence-electron chi connectivity index (χ1n) is 7.98. The molecule has 1 aromatic heterocycles. The number of hydrogen-bond donors (Lipinski definition) is 5. The molecule has 5 N–H and O–H groups in total. The van der Waals surface area contributed by atoms with Crippen molar-refractivity contribution in [2.75, 3.05) is 6.54 Å².